The van der Waals surface area contributed by atoms with Gasteiger partial charge in [-0.1, -0.05) is 6.92 Å². The molecule has 3 atom stereocenters. The number of rotatable bonds is 4. The normalized spacial score (nSPS) is 24.9. The molecule has 19 heavy (non-hydrogen) atoms. The third-order valence-corrected chi connectivity index (χ3v) is 4.18. The van der Waals surface area contributed by atoms with E-state index in [2.05, 4.69) is 13.8 Å². The Labute approximate surface area is 115 Å². The fraction of sp³-hybridized carbons (Fsp3) is 0.857. The first-order valence-corrected chi connectivity index (χ1v) is 7.22. The van der Waals surface area contributed by atoms with Gasteiger partial charge >= 0.3 is 12.0 Å². The number of aliphatic carboxylic acids is 1. The molecule has 0 radical (unpaired) electrons. The number of hydrogen-bond acceptors (Lipinski definition) is 2. The summed E-state index contributed by atoms with van der Waals surface area (Å²) < 4.78 is 0. The number of carbonyl (C=O) groups is 2. The molecule has 5 nitrogen and oxygen atoms in total. The molecule has 1 N–H and O–H groups in total. The minimum Gasteiger partial charge on any atom is -0.481 e. The summed E-state index contributed by atoms with van der Waals surface area (Å²) in [6, 6.07) is 0.274. The van der Waals surface area contributed by atoms with E-state index in [1.54, 1.807) is 0 Å². The summed E-state index contributed by atoms with van der Waals surface area (Å²) in [6.07, 6.45) is 2.04. The first-order valence-electron chi connectivity index (χ1n) is 7.22. The maximum atomic E-state index is 12.5. The van der Waals surface area contributed by atoms with E-state index in [4.69, 9.17) is 5.11 Å². The molecule has 1 rings (SSSR count). The topological polar surface area (TPSA) is 60.9 Å². The predicted octanol–water partition coefficient (Wildman–Crippen LogP) is 2.41. The van der Waals surface area contributed by atoms with Crippen LogP contribution in [0.1, 0.15) is 47.0 Å². The van der Waals surface area contributed by atoms with Crippen LogP contribution in [0, 0.1) is 5.92 Å². The number of likely N-dealkylation sites (tertiary alicyclic amines) is 1. The molecule has 1 fully saturated rings. The quantitative estimate of drug-likeness (QED) is 0.853. The number of carboxylic acid groups (broad SMARTS) is 1. The van der Waals surface area contributed by atoms with Gasteiger partial charge in [0.25, 0.3) is 0 Å². The molecule has 1 aliphatic heterocycles. The van der Waals surface area contributed by atoms with Gasteiger partial charge < -0.3 is 14.9 Å². The fourth-order valence-corrected chi connectivity index (χ4v) is 2.70. The molecule has 1 aliphatic rings. The Hall–Kier alpha value is -1.26. The molecule has 5 heteroatoms. The van der Waals surface area contributed by atoms with Crippen LogP contribution in [0.4, 0.5) is 4.79 Å². The molecule has 0 aromatic heterocycles. The van der Waals surface area contributed by atoms with Gasteiger partial charge in [0.15, 0.2) is 0 Å². The highest BCUT2D eigenvalue weighted by Crippen LogP contribution is 2.24. The van der Waals surface area contributed by atoms with Crippen LogP contribution >= 0.6 is 0 Å². The first-order chi connectivity index (χ1) is 8.92. The second kappa shape index (κ2) is 6.78. The van der Waals surface area contributed by atoms with Crippen LogP contribution in [-0.2, 0) is 4.79 Å². The minimum absolute atomic E-state index is 0.000422. The Morgan fingerprint density at radius 2 is 2.05 bits per heavy atom. The van der Waals surface area contributed by atoms with E-state index in [0.717, 1.165) is 6.42 Å². The maximum Gasteiger partial charge on any atom is 0.320 e. The van der Waals surface area contributed by atoms with E-state index in [1.165, 1.54) is 0 Å². The first kappa shape index (κ1) is 15.8. The number of urea groups is 1. The third-order valence-electron chi connectivity index (χ3n) is 4.18. The van der Waals surface area contributed by atoms with Crippen molar-refractivity contribution >= 4 is 12.0 Å². The van der Waals surface area contributed by atoms with E-state index in [-0.39, 0.29) is 24.0 Å². The van der Waals surface area contributed by atoms with Crippen LogP contribution in [-0.4, -0.2) is 52.1 Å². The summed E-state index contributed by atoms with van der Waals surface area (Å²) >= 11 is 0. The Morgan fingerprint density at radius 1 is 1.42 bits per heavy atom. The van der Waals surface area contributed by atoms with E-state index in [9.17, 15) is 9.59 Å². The SMILES string of the molecule is CCC(C)N(CC)C(=O)N1CCC(C(=O)O)CC1C. The number of amides is 2. The van der Waals surface area contributed by atoms with Crippen LogP contribution in [0.2, 0.25) is 0 Å². The lowest BCUT2D eigenvalue weighted by atomic mass is 9.92. The number of hydrogen-bond donors (Lipinski definition) is 1. The zero-order chi connectivity index (χ0) is 14.6. The van der Waals surface area contributed by atoms with Gasteiger partial charge in [0.1, 0.15) is 0 Å². The van der Waals surface area contributed by atoms with Crippen molar-refractivity contribution in [1.29, 1.82) is 0 Å². The third kappa shape index (κ3) is 3.61. The molecule has 2 amide bonds. The van der Waals surface area contributed by atoms with Crippen LogP contribution in [0.25, 0.3) is 0 Å². The zero-order valence-corrected chi connectivity index (χ0v) is 12.4. The molecule has 0 spiro atoms. The average molecular weight is 270 g/mol. The summed E-state index contributed by atoms with van der Waals surface area (Å²) in [6.45, 7) is 9.29. The molecule has 110 valence electrons. The highest BCUT2D eigenvalue weighted by molar-refractivity contribution is 5.76. The second-order valence-electron chi connectivity index (χ2n) is 5.43. The van der Waals surface area contributed by atoms with Crippen molar-refractivity contribution in [2.45, 2.75) is 59.0 Å². The van der Waals surface area contributed by atoms with E-state index in [0.29, 0.717) is 25.9 Å². The van der Waals surface area contributed by atoms with Crippen molar-refractivity contribution in [2.24, 2.45) is 5.92 Å². The van der Waals surface area contributed by atoms with Gasteiger partial charge in [-0.05, 0) is 40.0 Å². The van der Waals surface area contributed by atoms with Gasteiger partial charge in [-0.25, -0.2) is 4.79 Å². The molecule has 0 aliphatic carbocycles. The van der Waals surface area contributed by atoms with Crippen molar-refractivity contribution in [3.05, 3.63) is 0 Å². The van der Waals surface area contributed by atoms with E-state index >= 15 is 0 Å². The van der Waals surface area contributed by atoms with Crippen molar-refractivity contribution in [3.8, 4) is 0 Å². The highest BCUT2D eigenvalue weighted by Gasteiger charge is 2.34. The summed E-state index contributed by atoms with van der Waals surface area (Å²) in [7, 11) is 0. The highest BCUT2D eigenvalue weighted by atomic mass is 16.4. The molecule has 0 saturated carbocycles. The van der Waals surface area contributed by atoms with Crippen molar-refractivity contribution < 1.29 is 14.7 Å². The molecular weight excluding hydrogens is 244 g/mol. The Balaban J connectivity index is 2.70. The van der Waals surface area contributed by atoms with Gasteiger partial charge in [0, 0.05) is 25.2 Å². The molecule has 0 aromatic carbocycles. The Kier molecular flexibility index (Phi) is 5.63. The lowest BCUT2D eigenvalue weighted by Crippen LogP contribution is -2.53. The monoisotopic (exact) mass is 270 g/mol. The van der Waals surface area contributed by atoms with Gasteiger partial charge in [-0.3, -0.25) is 4.79 Å². The van der Waals surface area contributed by atoms with E-state index in [1.807, 2.05) is 23.6 Å². The maximum absolute atomic E-state index is 12.5. The molecule has 0 bridgehead atoms. The van der Waals surface area contributed by atoms with Crippen LogP contribution < -0.4 is 0 Å². The summed E-state index contributed by atoms with van der Waals surface area (Å²) in [5, 5.41) is 9.05. The molecule has 0 aromatic rings. The summed E-state index contributed by atoms with van der Waals surface area (Å²) in [5.41, 5.74) is 0. The van der Waals surface area contributed by atoms with Crippen LogP contribution in [0.5, 0.6) is 0 Å². The van der Waals surface area contributed by atoms with Crippen molar-refractivity contribution in [2.75, 3.05) is 13.1 Å². The van der Waals surface area contributed by atoms with Crippen LogP contribution in [0.15, 0.2) is 0 Å². The van der Waals surface area contributed by atoms with Crippen molar-refractivity contribution in [3.63, 3.8) is 0 Å². The molecule has 1 saturated heterocycles. The molecule has 1 heterocycles. The fourth-order valence-electron chi connectivity index (χ4n) is 2.70. The minimum atomic E-state index is -0.742. The number of piperidine rings is 1. The number of carboxylic acids is 1. The standard InChI is InChI=1S/C14H26N2O3/c1-5-10(3)15(6-2)14(19)16-8-7-12(13(17)18)9-11(16)4/h10-12H,5-9H2,1-4H3,(H,17,18). The average Bonchev–Trinajstić information content (AvgIpc) is 2.38. The zero-order valence-electron chi connectivity index (χ0n) is 12.4. The van der Waals surface area contributed by atoms with Gasteiger partial charge in [0.05, 0.1) is 5.92 Å². The van der Waals surface area contributed by atoms with Gasteiger partial charge in [0.2, 0.25) is 0 Å². The molecular formula is C14H26N2O3. The number of carbonyl (C=O) groups excluding carboxylic acids is 1. The predicted molar refractivity (Wildman–Crippen MR) is 74.1 cm³/mol. The summed E-state index contributed by atoms with van der Waals surface area (Å²) in [4.78, 5) is 27.2. The van der Waals surface area contributed by atoms with Gasteiger partial charge in [-0.2, -0.15) is 0 Å². The smallest absolute Gasteiger partial charge is 0.320 e. The largest absolute Gasteiger partial charge is 0.481 e. The Morgan fingerprint density at radius 3 is 2.47 bits per heavy atom. The lowest BCUT2D eigenvalue weighted by Gasteiger charge is -2.40. The van der Waals surface area contributed by atoms with E-state index < -0.39 is 5.97 Å². The van der Waals surface area contributed by atoms with Gasteiger partial charge in [-0.15, -0.1) is 0 Å². The Bertz CT molecular complexity index is 333. The van der Waals surface area contributed by atoms with Crippen molar-refractivity contribution in [1.82, 2.24) is 9.80 Å². The summed E-state index contributed by atoms with van der Waals surface area (Å²) in [5.74, 6) is -1.05. The second-order valence-corrected chi connectivity index (χ2v) is 5.43. The lowest BCUT2D eigenvalue weighted by molar-refractivity contribution is -0.143. The molecule has 3 unspecified atom stereocenters. The number of nitrogens with zero attached hydrogens (tertiary/aromatic N) is 2. The van der Waals surface area contributed by atoms with Crippen LogP contribution in [0.3, 0.4) is 0 Å².